The van der Waals surface area contributed by atoms with E-state index in [0.717, 1.165) is 25.1 Å². The van der Waals surface area contributed by atoms with Crippen LogP contribution in [0.5, 0.6) is 0 Å². The lowest BCUT2D eigenvalue weighted by molar-refractivity contribution is 0.179. The van der Waals surface area contributed by atoms with Crippen LogP contribution in [-0.4, -0.2) is 13.1 Å². The Morgan fingerprint density at radius 3 is 2.62 bits per heavy atom. The molecule has 1 aromatic rings. The van der Waals surface area contributed by atoms with Crippen molar-refractivity contribution >= 4 is 11.6 Å². The summed E-state index contributed by atoms with van der Waals surface area (Å²) in [7, 11) is 0. The van der Waals surface area contributed by atoms with Gasteiger partial charge in [0.1, 0.15) is 5.82 Å². The average molecular weight is 312 g/mol. The van der Waals surface area contributed by atoms with E-state index in [1.807, 2.05) is 0 Å². The second-order valence-electron chi connectivity index (χ2n) is 7.00. The Labute approximate surface area is 133 Å². The summed E-state index contributed by atoms with van der Waals surface area (Å²) in [6.07, 6.45) is 7.18. The first-order chi connectivity index (χ1) is 10.0. The van der Waals surface area contributed by atoms with Crippen LogP contribution in [0, 0.1) is 17.2 Å². The van der Waals surface area contributed by atoms with Crippen molar-refractivity contribution in [3.63, 3.8) is 0 Å². The molecule has 1 nitrogen and oxygen atoms in total. The topological polar surface area (TPSA) is 12.0 Å². The predicted octanol–water partition coefficient (Wildman–Crippen LogP) is 5.22. The molecular formula is C18H27ClFN. The first kappa shape index (κ1) is 16.8. The van der Waals surface area contributed by atoms with Crippen LogP contribution in [0.15, 0.2) is 18.2 Å². The Morgan fingerprint density at radius 1 is 1.24 bits per heavy atom. The Balaban J connectivity index is 2.09. The lowest BCUT2D eigenvalue weighted by Gasteiger charge is -2.38. The van der Waals surface area contributed by atoms with Gasteiger partial charge < -0.3 is 5.32 Å². The number of hydrogen-bond donors (Lipinski definition) is 1. The maximum atomic E-state index is 13.5. The van der Waals surface area contributed by atoms with Crippen LogP contribution < -0.4 is 5.32 Å². The van der Waals surface area contributed by atoms with Gasteiger partial charge in [0.15, 0.2) is 0 Å². The van der Waals surface area contributed by atoms with E-state index in [0.29, 0.717) is 10.9 Å². The quantitative estimate of drug-likeness (QED) is 0.759. The SMILES string of the molecule is CC(C)CNCC1(Cc2cc(F)ccc2Cl)CCCCC1. The molecule has 1 N–H and O–H groups in total. The maximum Gasteiger partial charge on any atom is 0.123 e. The molecule has 0 unspecified atom stereocenters. The Kier molecular flexibility index (Phi) is 6.07. The Morgan fingerprint density at radius 2 is 1.95 bits per heavy atom. The molecule has 0 spiro atoms. The molecule has 0 aromatic heterocycles. The van der Waals surface area contributed by atoms with Gasteiger partial charge in [-0.25, -0.2) is 4.39 Å². The third kappa shape index (κ3) is 4.96. The van der Waals surface area contributed by atoms with E-state index in [4.69, 9.17) is 11.6 Å². The van der Waals surface area contributed by atoms with Crippen molar-refractivity contribution in [1.82, 2.24) is 5.32 Å². The Bertz CT molecular complexity index is 453. The van der Waals surface area contributed by atoms with Crippen molar-refractivity contribution < 1.29 is 4.39 Å². The van der Waals surface area contributed by atoms with Gasteiger partial charge in [0.2, 0.25) is 0 Å². The number of halogens is 2. The van der Waals surface area contributed by atoms with E-state index in [-0.39, 0.29) is 11.2 Å². The minimum atomic E-state index is -0.185. The summed E-state index contributed by atoms with van der Waals surface area (Å²) in [5.41, 5.74) is 1.20. The van der Waals surface area contributed by atoms with Crippen molar-refractivity contribution in [2.24, 2.45) is 11.3 Å². The number of rotatable bonds is 6. The smallest absolute Gasteiger partial charge is 0.123 e. The second kappa shape index (κ2) is 7.60. The zero-order valence-electron chi connectivity index (χ0n) is 13.2. The van der Waals surface area contributed by atoms with Gasteiger partial charge in [-0.15, -0.1) is 0 Å². The maximum absolute atomic E-state index is 13.5. The zero-order chi connectivity index (χ0) is 15.3. The fourth-order valence-corrected chi connectivity index (χ4v) is 3.61. The van der Waals surface area contributed by atoms with E-state index in [9.17, 15) is 4.39 Å². The third-order valence-electron chi connectivity index (χ3n) is 4.54. The summed E-state index contributed by atoms with van der Waals surface area (Å²) in [4.78, 5) is 0. The minimum absolute atomic E-state index is 0.185. The predicted molar refractivity (Wildman–Crippen MR) is 88.3 cm³/mol. The van der Waals surface area contributed by atoms with Crippen LogP contribution in [0.25, 0.3) is 0 Å². The van der Waals surface area contributed by atoms with Crippen LogP contribution in [0.3, 0.4) is 0 Å². The highest BCUT2D eigenvalue weighted by molar-refractivity contribution is 6.31. The van der Waals surface area contributed by atoms with E-state index in [2.05, 4.69) is 19.2 Å². The van der Waals surface area contributed by atoms with E-state index in [1.165, 1.54) is 38.2 Å². The lowest BCUT2D eigenvalue weighted by Crippen LogP contribution is -2.39. The first-order valence-corrected chi connectivity index (χ1v) is 8.53. The van der Waals surface area contributed by atoms with Gasteiger partial charge in [-0.3, -0.25) is 0 Å². The Hall–Kier alpha value is -0.600. The van der Waals surface area contributed by atoms with Crippen molar-refractivity contribution in [2.75, 3.05) is 13.1 Å². The zero-order valence-corrected chi connectivity index (χ0v) is 14.0. The van der Waals surface area contributed by atoms with Gasteiger partial charge in [0.25, 0.3) is 0 Å². The van der Waals surface area contributed by atoms with Gasteiger partial charge in [0.05, 0.1) is 0 Å². The van der Waals surface area contributed by atoms with Crippen LogP contribution in [-0.2, 0) is 6.42 Å². The molecule has 0 amide bonds. The van der Waals surface area contributed by atoms with Crippen molar-refractivity contribution in [1.29, 1.82) is 0 Å². The van der Waals surface area contributed by atoms with Crippen LogP contribution in [0.4, 0.5) is 4.39 Å². The van der Waals surface area contributed by atoms with Crippen LogP contribution >= 0.6 is 11.6 Å². The molecule has 1 aliphatic rings. The fraction of sp³-hybridized carbons (Fsp3) is 0.667. The number of nitrogens with one attached hydrogen (secondary N) is 1. The molecule has 0 radical (unpaired) electrons. The van der Waals surface area contributed by atoms with Crippen LogP contribution in [0.1, 0.15) is 51.5 Å². The largest absolute Gasteiger partial charge is 0.316 e. The van der Waals surface area contributed by atoms with Crippen molar-refractivity contribution in [2.45, 2.75) is 52.4 Å². The molecule has 0 saturated heterocycles. The molecule has 0 heterocycles. The molecule has 1 saturated carbocycles. The highest BCUT2D eigenvalue weighted by Crippen LogP contribution is 2.40. The summed E-state index contributed by atoms with van der Waals surface area (Å²) in [5, 5.41) is 4.31. The molecule has 0 aliphatic heterocycles. The standard InChI is InChI=1S/C18H27ClFN/c1-14(2)12-21-13-18(8-4-3-5-9-18)11-15-10-16(20)6-7-17(15)19/h6-7,10,14,21H,3-5,8-9,11-13H2,1-2H3. The summed E-state index contributed by atoms with van der Waals surface area (Å²) in [6, 6.07) is 4.74. The van der Waals surface area contributed by atoms with Gasteiger partial charge in [0, 0.05) is 11.6 Å². The van der Waals surface area contributed by atoms with Gasteiger partial charge in [-0.2, -0.15) is 0 Å². The van der Waals surface area contributed by atoms with Crippen LogP contribution in [0.2, 0.25) is 5.02 Å². The molecule has 1 aliphatic carbocycles. The molecule has 3 heteroatoms. The van der Waals surface area contributed by atoms with Gasteiger partial charge in [-0.05, 0) is 60.9 Å². The fourth-order valence-electron chi connectivity index (χ4n) is 3.43. The second-order valence-corrected chi connectivity index (χ2v) is 7.41. The lowest BCUT2D eigenvalue weighted by atomic mass is 9.70. The third-order valence-corrected chi connectivity index (χ3v) is 4.91. The molecule has 0 atom stereocenters. The van der Waals surface area contributed by atoms with Gasteiger partial charge in [-0.1, -0.05) is 44.7 Å². The van der Waals surface area contributed by atoms with E-state index >= 15 is 0 Å². The molecule has 21 heavy (non-hydrogen) atoms. The number of benzene rings is 1. The highest BCUT2D eigenvalue weighted by atomic mass is 35.5. The first-order valence-electron chi connectivity index (χ1n) is 8.15. The highest BCUT2D eigenvalue weighted by Gasteiger charge is 2.32. The minimum Gasteiger partial charge on any atom is -0.316 e. The molecular weight excluding hydrogens is 285 g/mol. The molecule has 118 valence electrons. The summed E-state index contributed by atoms with van der Waals surface area (Å²) >= 11 is 6.27. The summed E-state index contributed by atoms with van der Waals surface area (Å²) in [6.45, 7) is 6.50. The number of hydrogen-bond acceptors (Lipinski definition) is 1. The van der Waals surface area contributed by atoms with Crippen molar-refractivity contribution in [3.8, 4) is 0 Å². The summed E-state index contributed by atoms with van der Waals surface area (Å²) < 4.78 is 13.5. The van der Waals surface area contributed by atoms with E-state index < -0.39 is 0 Å². The molecule has 0 bridgehead atoms. The van der Waals surface area contributed by atoms with Gasteiger partial charge >= 0.3 is 0 Å². The monoisotopic (exact) mass is 311 g/mol. The normalized spacial score (nSPS) is 18.1. The van der Waals surface area contributed by atoms with E-state index in [1.54, 1.807) is 12.1 Å². The molecule has 2 rings (SSSR count). The van der Waals surface area contributed by atoms with Crippen molar-refractivity contribution in [3.05, 3.63) is 34.6 Å². The summed E-state index contributed by atoms with van der Waals surface area (Å²) in [5.74, 6) is 0.471. The molecule has 1 aromatic carbocycles. The molecule has 1 fully saturated rings. The average Bonchev–Trinajstić information content (AvgIpc) is 2.43.